The van der Waals surface area contributed by atoms with E-state index in [2.05, 4.69) is 22.2 Å². The number of pyridine rings is 1. The maximum absolute atomic E-state index is 15.4. The number of alkyl carbamates (subject to hydrolysis) is 1. The molecule has 4 aliphatic rings. The summed E-state index contributed by atoms with van der Waals surface area (Å²) in [4.78, 5) is 59.9. The maximum atomic E-state index is 15.4. The zero-order valence-corrected chi connectivity index (χ0v) is 30.5. The lowest BCUT2D eigenvalue weighted by Crippen LogP contribution is -2.63. The highest BCUT2D eigenvalue weighted by molar-refractivity contribution is 7.91. The molecule has 3 N–H and O–H groups in total. The first kappa shape index (κ1) is 38.3. The molecule has 4 amide bonds. The fourth-order valence-electron chi connectivity index (χ4n) is 7.17. The number of nitrogens with one attached hydrogen (secondary N) is 3. The van der Waals surface area contributed by atoms with Gasteiger partial charge in [-0.2, -0.15) is 13.2 Å². The molecule has 2 aromatic rings. The van der Waals surface area contributed by atoms with E-state index in [0.29, 0.717) is 47.8 Å². The minimum atomic E-state index is -5.16. The SMILES string of the molecule is C=C[C@@H]1C[C@]1(NC(=O)[C@@H]1C[C@H]2Oc3nccc4ccc(cc34)CCCCCOC(=O)N[C@@H](C(C)(C)C)C(=O)N1C2C(F)(F)F)C(=O)NS(=O)(=O)C1CC1. The number of aromatic nitrogens is 1. The third-order valence-electron chi connectivity index (χ3n) is 10.4. The predicted octanol–water partition coefficient (Wildman–Crippen LogP) is 4.05. The topological polar surface area (TPSA) is 173 Å². The van der Waals surface area contributed by atoms with E-state index in [1.54, 1.807) is 39.0 Å². The summed E-state index contributed by atoms with van der Waals surface area (Å²) in [7, 11) is -4.05. The molecule has 0 radical (unpaired) electrons. The van der Waals surface area contributed by atoms with Crippen molar-refractivity contribution in [1.82, 2.24) is 25.2 Å². The first-order chi connectivity index (χ1) is 24.9. The second-order valence-electron chi connectivity index (χ2n) is 15.4. The molecular weight excluding hydrogens is 719 g/mol. The summed E-state index contributed by atoms with van der Waals surface area (Å²) in [5, 5.41) is 5.27. The molecule has 1 saturated heterocycles. The highest BCUT2D eigenvalue weighted by atomic mass is 32.2. The van der Waals surface area contributed by atoms with Gasteiger partial charge in [-0.05, 0) is 73.4 Å². The lowest BCUT2D eigenvalue weighted by atomic mass is 9.85. The van der Waals surface area contributed by atoms with Crippen molar-refractivity contribution in [1.29, 1.82) is 0 Å². The number of fused-ring (bicyclic) bond motifs is 3. The Morgan fingerprint density at radius 1 is 1.11 bits per heavy atom. The Morgan fingerprint density at radius 3 is 2.49 bits per heavy atom. The van der Waals surface area contributed by atoms with E-state index in [-0.39, 0.29) is 18.9 Å². The summed E-state index contributed by atoms with van der Waals surface area (Å²) >= 11 is 0. The molecule has 3 fully saturated rings. The molecule has 288 valence electrons. The van der Waals surface area contributed by atoms with E-state index in [4.69, 9.17) is 9.47 Å². The Hall–Kier alpha value is -4.41. The van der Waals surface area contributed by atoms with E-state index in [1.165, 1.54) is 12.3 Å². The van der Waals surface area contributed by atoms with E-state index in [9.17, 15) is 27.6 Å². The van der Waals surface area contributed by atoms with Gasteiger partial charge < -0.3 is 25.0 Å². The molecule has 2 aliphatic carbocycles. The fraction of sp³-hybridized carbons (Fsp3) is 0.583. The molecule has 1 aromatic heterocycles. The average molecular weight is 764 g/mol. The zero-order valence-electron chi connectivity index (χ0n) is 29.7. The molecule has 2 saturated carbocycles. The molecule has 0 spiro atoms. The summed E-state index contributed by atoms with van der Waals surface area (Å²) in [6, 6.07) is 0.979. The maximum Gasteiger partial charge on any atom is 0.412 e. The van der Waals surface area contributed by atoms with Gasteiger partial charge in [0, 0.05) is 23.9 Å². The predicted molar refractivity (Wildman–Crippen MR) is 186 cm³/mol. The molecule has 17 heteroatoms. The van der Waals surface area contributed by atoms with Crippen LogP contribution in [0.25, 0.3) is 10.8 Å². The zero-order chi connectivity index (χ0) is 38.5. The minimum Gasteiger partial charge on any atom is -0.471 e. The summed E-state index contributed by atoms with van der Waals surface area (Å²) in [5.41, 5.74) is -2.14. The van der Waals surface area contributed by atoms with Crippen LogP contribution in [0.5, 0.6) is 5.88 Å². The number of alkyl halides is 3. The van der Waals surface area contributed by atoms with Crippen molar-refractivity contribution in [3.8, 4) is 5.88 Å². The molecule has 4 bridgehead atoms. The van der Waals surface area contributed by atoms with E-state index < -0.39 is 92.8 Å². The smallest absolute Gasteiger partial charge is 0.412 e. The van der Waals surface area contributed by atoms with Crippen LogP contribution in [0.3, 0.4) is 0 Å². The second-order valence-corrected chi connectivity index (χ2v) is 17.3. The van der Waals surface area contributed by atoms with Gasteiger partial charge in [-0.1, -0.05) is 39.0 Å². The second kappa shape index (κ2) is 14.1. The summed E-state index contributed by atoms with van der Waals surface area (Å²) < 4.78 is 84.9. The lowest BCUT2D eigenvalue weighted by Gasteiger charge is -2.38. The first-order valence-electron chi connectivity index (χ1n) is 17.7. The van der Waals surface area contributed by atoms with Crippen molar-refractivity contribution in [2.24, 2.45) is 11.3 Å². The number of hydrogen-bond donors (Lipinski definition) is 3. The van der Waals surface area contributed by atoms with Crippen molar-refractivity contribution in [3.63, 3.8) is 0 Å². The van der Waals surface area contributed by atoms with Gasteiger partial charge in [-0.3, -0.25) is 19.1 Å². The number of amides is 4. The number of nitrogens with zero attached hydrogens (tertiary/aromatic N) is 2. The van der Waals surface area contributed by atoms with E-state index in [0.717, 1.165) is 12.0 Å². The largest absolute Gasteiger partial charge is 0.471 e. The van der Waals surface area contributed by atoms with Gasteiger partial charge in [0.25, 0.3) is 5.91 Å². The van der Waals surface area contributed by atoms with Crippen molar-refractivity contribution in [3.05, 3.63) is 48.7 Å². The van der Waals surface area contributed by atoms with Crippen LogP contribution in [0.15, 0.2) is 43.1 Å². The van der Waals surface area contributed by atoms with E-state index >= 15 is 13.2 Å². The Labute approximate surface area is 305 Å². The van der Waals surface area contributed by atoms with Crippen molar-refractivity contribution < 1.29 is 50.2 Å². The quantitative estimate of drug-likeness (QED) is 0.367. The molecular formula is C36H44F3N5O8S. The molecule has 6 rings (SSSR count). The Kier molecular flexibility index (Phi) is 10.2. The van der Waals surface area contributed by atoms with Crippen LogP contribution in [-0.4, -0.2) is 89.9 Å². The molecule has 1 unspecified atom stereocenters. The van der Waals surface area contributed by atoms with E-state index in [1.807, 2.05) is 10.8 Å². The molecule has 6 atom stereocenters. The van der Waals surface area contributed by atoms with Gasteiger partial charge >= 0.3 is 12.3 Å². The van der Waals surface area contributed by atoms with Crippen LogP contribution in [0.1, 0.15) is 71.3 Å². The third kappa shape index (κ3) is 7.94. The van der Waals surface area contributed by atoms with Crippen LogP contribution >= 0.6 is 0 Å². The Balaban J connectivity index is 1.42. The number of sulfonamides is 1. The number of hydrogen-bond acceptors (Lipinski definition) is 9. The third-order valence-corrected chi connectivity index (χ3v) is 12.2. The van der Waals surface area contributed by atoms with Gasteiger partial charge in [0.1, 0.15) is 23.7 Å². The van der Waals surface area contributed by atoms with Crippen LogP contribution in [-0.2, 0) is 35.6 Å². The molecule has 3 heterocycles. The van der Waals surface area contributed by atoms with Gasteiger partial charge in [0.2, 0.25) is 27.7 Å². The van der Waals surface area contributed by atoms with Gasteiger partial charge in [0.05, 0.1) is 11.9 Å². The average Bonchev–Trinajstić information content (AvgIpc) is 4.00. The number of halogens is 3. The van der Waals surface area contributed by atoms with Crippen molar-refractivity contribution in [2.45, 2.75) is 113 Å². The number of aryl methyl sites for hydroxylation is 1. The van der Waals surface area contributed by atoms with Crippen LogP contribution in [0, 0.1) is 11.3 Å². The van der Waals surface area contributed by atoms with Crippen molar-refractivity contribution >= 4 is 44.6 Å². The molecule has 1 aromatic carbocycles. The van der Waals surface area contributed by atoms with Gasteiger partial charge in [-0.15, -0.1) is 6.58 Å². The molecule has 53 heavy (non-hydrogen) atoms. The molecule has 2 aliphatic heterocycles. The fourth-order valence-corrected chi connectivity index (χ4v) is 8.54. The normalized spacial score (nSPS) is 28.6. The highest BCUT2D eigenvalue weighted by Gasteiger charge is 2.65. The van der Waals surface area contributed by atoms with Gasteiger partial charge in [-0.25, -0.2) is 18.2 Å². The number of ether oxygens (including phenoxy) is 2. The number of cyclic esters (lactones) is 1. The summed E-state index contributed by atoms with van der Waals surface area (Å²) in [6.07, 6.45) is -2.77. The number of carbonyl (C=O) groups excluding carboxylic acids is 4. The monoisotopic (exact) mass is 763 g/mol. The number of carbonyl (C=O) groups is 4. The van der Waals surface area contributed by atoms with Gasteiger partial charge in [0.15, 0.2) is 6.04 Å². The Bertz CT molecular complexity index is 1910. The van der Waals surface area contributed by atoms with Crippen LogP contribution in [0.2, 0.25) is 0 Å². The summed E-state index contributed by atoms with van der Waals surface area (Å²) in [5.74, 6) is -4.29. The first-order valence-corrected chi connectivity index (χ1v) is 19.3. The molecule has 13 nitrogen and oxygen atoms in total. The number of rotatable bonds is 6. The lowest BCUT2D eigenvalue weighted by molar-refractivity contribution is -0.199. The van der Waals surface area contributed by atoms with Crippen LogP contribution < -0.4 is 20.1 Å². The minimum absolute atomic E-state index is 0.00357. The standard InChI is InChI=1S/C36H44F3N5O8S/c1-5-22-19-35(22,32(47)43-53(49,50)23-12-13-23)42-29(45)25-18-26-28(36(37,38)39)44(25)31(46)27(34(2,3)4)41-33(48)51-16-8-6-7-9-20-10-11-21-14-15-40-30(52-26)24(21)17-20/h5,10-11,14-15,17,22-23,25-28H,1,6-9,12-13,16,18-19H2,2-4H3,(H,41,48)(H,42,45)(H,43,47)/t22-,25+,26-,27-,28?,35-/m1/s1. The summed E-state index contributed by atoms with van der Waals surface area (Å²) in [6.45, 7) is 8.29. The van der Waals surface area contributed by atoms with Crippen molar-refractivity contribution in [2.75, 3.05) is 6.61 Å². The highest BCUT2D eigenvalue weighted by Crippen LogP contribution is 2.47. The number of benzene rings is 1. The Morgan fingerprint density at radius 2 is 1.85 bits per heavy atom. The van der Waals surface area contributed by atoms with Crippen LogP contribution in [0.4, 0.5) is 18.0 Å².